The summed E-state index contributed by atoms with van der Waals surface area (Å²) < 4.78 is 25.0. The number of thiophene rings is 1. The molecule has 31 heavy (non-hydrogen) atoms. The lowest BCUT2D eigenvalue weighted by molar-refractivity contribution is 0.101. The van der Waals surface area contributed by atoms with Crippen LogP contribution in [0.25, 0.3) is 26.7 Å². The first-order chi connectivity index (χ1) is 14.6. The van der Waals surface area contributed by atoms with E-state index in [-0.39, 0.29) is 16.4 Å². The molecule has 0 atom stereocenters. The van der Waals surface area contributed by atoms with Crippen LogP contribution in [0.2, 0.25) is 10.0 Å². The lowest BCUT2D eigenvalue weighted by Crippen LogP contribution is -2.11. The second-order valence-corrected chi connectivity index (χ2v) is 10.2. The Balaban J connectivity index is 1.84. The van der Waals surface area contributed by atoms with Crippen molar-refractivity contribution in [3.63, 3.8) is 0 Å². The summed E-state index contributed by atoms with van der Waals surface area (Å²) in [6.45, 7) is 1.44. The van der Waals surface area contributed by atoms with Gasteiger partial charge < -0.3 is 0 Å². The first kappa shape index (κ1) is 21.7. The summed E-state index contributed by atoms with van der Waals surface area (Å²) in [5, 5.41) is 10.6. The molecule has 2 aromatic carbocycles. The molecular weight excluding hydrogens is 477 g/mol. The van der Waals surface area contributed by atoms with E-state index in [2.05, 4.69) is 5.10 Å². The number of hydrogen-bond acceptors (Lipinski definition) is 5. The predicted molar refractivity (Wildman–Crippen MR) is 124 cm³/mol. The summed E-state index contributed by atoms with van der Waals surface area (Å²) in [5.41, 5.74) is 2.20. The van der Waals surface area contributed by atoms with Gasteiger partial charge in [-0.25, -0.2) is 18.2 Å². The fourth-order valence-corrected chi connectivity index (χ4v) is 4.94. The molecule has 0 saturated carbocycles. The first-order valence-electron chi connectivity index (χ1n) is 8.93. The molecule has 2 heterocycles. The summed E-state index contributed by atoms with van der Waals surface area (Å²) in [5.74, 6) is -0.184. The third-order valence-electron chi connectivity index (χ3n) is 4.51. The Morgan fingerprint density at radius 3 is 2.48 bits per heavy atom. The van der Waals surface area contributed by atoms with Crippen LogP contribution in [-0.4, -0.2) is 24.0 Å². The Kier molecular flexibility index (Phi) is 5.76. The highest BCUT2D eigenvalue weighted by Crippen LogP contribution is 2.37. The Morgan fingerprint density at radius 1 is 1.03 bits per heavy atom. The van der Waals surface area contributed by atoms with E-state index < -0.39 is 10.0 Å². The fourth-order valence-electron chi connectivity index (χ4n) is 3.02. The van der Waals surface area contributed by atoms with Crippen molar-refractivity contribution in [1.82, 2.24) is 9.78 Å². The van der Waals surface area contributed by atoms with Gasteiger partial charge in [0.1, 0.15) is 5.69 Å². The zero-order valence-corrected chi connectivity index (χ0v) is 19.2. The molecule has 2 aromatic heterocycles. The van der Waals surface area contributed by atoms with E-state index in [0.29, 0.717) is 27.0 Å². The van der Waals surface area contributed by atoms with Crippen molar-refractivity contribution in [2.24, 2.45) is 5.14 Å². The summed E-state index contributed by atoms with van der Waals surface area (Å²) in [4.78, 5) is 13.7. The number of rotatable bonds is 5. The molecule has 0 aliphatic carbocycles. The largest absolute Gasteiger partial charge is 0.293 e. The van der Waals surface area contributed by atoms with E-state index >= 15 is 0 Å². The molecule has 0 aliphatic rings. The topological polar surface area (TPSA) is 95.0 Å². The number of hydrogen-bond donors (Lipinski definition) is 1. The third kappa shape index (κ3) is 4.44. The molecule has 4 rings (SSSR count). The minimum Gasteiger partial charge on any atom is -0.293 e. The fraction of sp³-hybridized carbons (Fsp3) is 0.0476. The number of benzene rings is 2. The maximum absolute atomic E-state index is 12.0. The molecular formula is C21H15Cl2N3O3S2. The molecule has 0 amide bonds. The van der Waals surface area contributed by atoms with Gasteiger partial charge in [0.05, 0.1) is 26.2 Å². The summed E-state index contributed by atoms with van der Waals surface area (Å²) in [7, 11) is -3.81. The van der Waals surface area contributed by atoms with E-state index in [1.807, 2.05) is 12.1 Å². The lowest BCUT2D eigenvalue weighted by Gasteiger charge is -2.08. The van der Waals surface area contributed by atoms with Gasteiger partial charge in [0.2, 0.25) is 10.0 Å². The van der Waals surface area contributed by atoms with Gasteiger partial charge >= 0.3 is 0 Å². The summed E-state index contributed by atoms with van der Waals surface area (Å²) in [6.07, 6.45) is 0. The number of carbonyl (C=O) groups excluding carboxylic acids is 1. The van der Waals surface area contributed by atoms with Crippen LogP contribution >= 0.6 is 34.5 Å². The number of halogens is 2. The van der Waals surface area contributed by atoms with Crippen molar-refractivity contribution in [3.05, 3.63) is 76.4 Å². The van der Waals surface area contributed by atoms with E-state index in [0.717, 1.165) is 9.75 Å². The molecule has 0 aliphatic heterocycles. The zero-order valence-electron chi connectivity index (χ0n) is 16.0. The van der Waals surface area contributed by atoms with Crippen LogP contribution in [0.3, 0.4) is 0 Å². The van der Waals surface area contributed by atoms with Crippen molar-refractivity contribution in [2.75, 3.05) is 0 Å². The SMILES string of the molecule is CC(=O)c1cc(-c2ccc(-c3cccc(S(N)(=O)=O)c3)s2)n(-c2cc(Cl)ccc2Cl)n1. The summed E-state index contributed by atoms with van der Waals surface area (Å²) >= 11 is 13.9. The molecule has 0 spiro atoms. The van der Waals surface area contributed by atoms with Crippen LogP contribution in [0.4, 0.5) is 0 Å². The average Bonchev–Trinajstić information content (AvgIpc) is 3.36. The van der Waals surface area contributed by atoms with Crippen molar-refractivity contribution in [1.29, 1.82) is 0 Å². The predicted octanol–water partition coefficient (Wildman–Crippen LogP) is 5.42. The van der Waals surface area contributed by atoms with Gasteiger partial charge in [-0.1, -0.05) is 35.3 Å². The monoisotopic (exact) mass is 491 g/mol. The number of sulfonamides is 1. The van der Waals surface area contributed by atoms with Gasteiger partial charge in [-0.15, -0.1) is 11.3 Å². The van der Waals surface area contributed by atoms with Crippen LogP contribution in [0.15, 0.2) is 65.6 Å². The second-order valence-electron chi connectivity index (χ2n) is 6.72. The maximum atomic E-state index is 12.0. The normalized spacial score (nSPS) is 11.6. The number of ketones is 1. The summed E-state index contributed by atoms with van der Waals surface area (Å²) in [6, 6.07) is 16.9. The molecule has 2 N–H and O–H groups in total. The van der Waals surface area contributed by atoms with E-state index in [4.69, 9.17) is 28.3 Å². The zero-order chi connectivity index (χ0) is 22.3. The van der Waals surface area contributed by atoms with Crippen molar-refractivity contribution in [2.45, 2.75) is 11.8 Å². The van der Waals surface area contributed by atoms with Crippen molar-refractivity contribution in [3.8, 4) is 26.7 Å². The quantitative estimate of drug-likeness (QED) is 0.376. The molecule has 6 nitrogen and oxygen atoms in total. The highest BCUT2D eigenvalue weighted by Gasteiger charge is 2.18. The van der Waals surface area contributed by atoms with Gasteiger partial charge in [-0.3, -0.25) is 4.79 Å². The molecule has 0 radical (unpaired) electrons. The molecule has 0 saturated heterocycles. The lowest BCUT2D eigenvalue weighted by atomic mass is 10.2. The smallest absolute Gasteiger partial charge is 0.238 e. The van der Waals surface area contributed by atoms with Gasteiger partial charge in [0.25, 0.3) is 0 Å². The van der Waals surface area contributed by atoms with Crippen LogP contribution in [-0.2, 0) is 10.0 Å². The van der Waals surface area contributed by atoms with Crippen LogP contribution in [0, 0.1) is 0 Å². The van der Waals surface area contributed by atoms with Gasteiger partial charge in [0.15, 0.2) is 5.78 Å². The number of nitrogens with two attached hydrogens (primary N) is 1. The Labute approximate surface area is 192 Å². The Hall–Kier alpha value is -2.49. The van der Waals surface area contributed by atoms with E-state index in [1.54, 1.807) is 41.1 Å². The molecule has 0 fully saturated rings. The number of aromatic nitrogens is 2. The van der Waals surface area contributed by atoms with Gasteiger partial charge in [-0.05, 0) is 54.1 Å². The first-order valence-corrected chi connectivity index (χ1v) is 12.1. The minimum absolute atomic E-state index is 0.0366. The van der Waals surface area contributed by atoms with Crippen LogP contribution in [0.1, 0.15) is 17.4 Å². The molecule has 158 valence electrons. The van der Waals surface area contributed by atoms with E-state index in [1.165, 1.54) is 30.4 Å². The van der Waals surface area contributed by atoms with Crippen LogP contribution < -0.4 is 5.14 Å². The molecule has 4 aromatic rings. The standard InChI is InChI=1S/C21H15Cl2N3O3S2/c1-12(27)17-11-19(26(25-17)18-10-14(22)5-6-16(18)23)21-8-7-20(30-21)13-3-2-4-15(9-13)31(24,28)29/h2-11H,1H3,(H2,24,28,29). The molecule has 0 bridgehead atoms. The number of carbonyl (C=O) groups is 1. The van der Waals surface area contributed by atoms with Crippen molar-refractivity contribution < 1.29 is 13.2 Å². The molecule has 0 unspecified atom stereocenters. The molecule has 10 heteroatoms. The highest BCUT2D eigenvalue weighted by molar-refractivity contribution is 7.89. The third-order valence-corrected chi connectivity index (χ3v) is 7.13. The highest BCUT2D eigenvalue weighted by atomic mass is 35.5. The maximum Gasteiger partial charge on any atom is 0.238 e. The van der Waals surface area contributed by atoms with Crippen molar-refractivity contribution >= 4 is 50.3 Å². The van der Waals surface area contributed by atoms with E-state index in [9.17, 15) is 13.2 Å². The number of Topliss-reactive ketones (excluding diaryl/α,β-unsaturated/α-hetero) is 1. The second kappa shape index (κ2) is 8.22. The Bertz CT molecular complexity index is 1430. The number of primary sulfonamides is 1. The van der Waals surface area contributed by atoms with Gasteiger partial charge in [0, 0.05) is 16.8 Å². The van der Waals surface area contributed by atoms with Crippen LogP contribution in [0.5, 0.6) is 0 Å². The average molecular weight is 492 g/mol. The van der Waals surface area contributed by atoms with Gasteiger partial charge in [-0.2, -0.15) is 5.10 Å². The minimum atomic E-state index is -3.81. The Morgan fingerprint density at radius 2 is 1.77 bits per heavy atom. The number of nitrogens with zero attached hydrogens (tertiary/aromatic N) is 2.